The van der Waals surface area contributed by atoms with Gasteiger partial charge in [-0.25, -0.2) is 0 Å². The Balaban J connectivity index is 3.20. The lowest BCUT2D eigenvalue weighted by molar-refractivity contribution is -0.123. The molecule has 0 saturated heterocycles. The van der Waals surface area contributed by atoms with E-state index in [4.69, 9.17) is 10.5 Å². The van der Waals surface area contributed by atoms with Gasteiger partial charge in [0.1, 0.15) is 6.61 Å². The Morgan fingerprint density at radius 3 is 2.69 bits per heavy atom. The predicted molar refractivity (Wildman–Crippen MR) is 53.6 cm³/mol. The molecule has 0 amide bonds. The van der Waals surface area contributed by atoms with Crippen LogP contribution in [0.1, 0.15) is 33.1 Å². The summed E-state index contributed by atoms with van der Waals surface area (Å²) in [5.74, 6) is 0.867. The fourth-order valence-corrected chi connectivity index (χ4v) is 1.05. The van der Waals surface area contributed by atoms with Crippen molar-refractivity contribution in [3.8, 4) is 0 Å². The van der Waals surface area contributed by atoms with Crippen LogP contribution in [0.15, 0.2) is 0 Å². The van der Waals surface area contributed by atoms with Crippen LogP contribution < -0.4 is 5.73 Å². The summed E-state index contributed by atoms with van der Waals surface area (Å²) in [6.45, 7) is 5.52. The normalized spacial score (nSPS) is 10.8. The molecule has 0 heterocycles. The summed E-state index contributed by atoms with van der Waals surface area (Å²) in [6.07, 6.45) is 2.73. The molecule has 0 fully saturated rings. The molecule has 0 aliphatic carbocycles. The number of hydrogen-bond acceptors (Lipinski definition) is 3. The Morgan fingerprint density at radius 1 is 1.46 bits per heavy atom. The molecular weight excluding hydrogens is 166 g/mol. The summed E-state index contributed by atoms with van der Waals surface area (Å²) < 4.78 is 5.03. The van der Waals surface area contributed by atoms with E-state index in [1.807, 2.05) is 0 Å². The highest BCUT2D eigenvalue weighted by Crippen LogP contribution is 2.06. The molecule has 0 aromatic rings. The molecule has 2 N–H and O–H groups in total. The molecule has 0 unspecified atom stereocenters. The van der Waals surface area contributed by atoms with Crippen molar-refractivity contribution in [2.24, 2.45) is 11.7 Å². The molecule has 3 heteroatoms. The SMILES string of the molecule is CC(C)CCCC(=O)COCCN. The van der Waals surface area contributed by atoms with Gasteiger partial charge < -0.3 is 10.5 Å². The van der Waals surface area contributed by atoms with Crippen LogP contribution in [0.4, 0.5) is 0 Å². The van der Waals surface area contributed by atoms with E-state index in [0.717, 1.165) is 12.8 Å². The number of nitrogens with two attached hydrogens (primary N) is 1. The number of rotatable bonds is 8. The zero-order valence-corrected chi connectivity index (χ0v) is 8.71. The Hall–Kier alpha value is -0.410. The zero-order chi connectivity index (χ0) is 10.1. The maximum Gasteiger partial charge on any atom is 0.158 e. The minimum absolute atomic E-state index is 0.189. The molecule has 0 aromatic heterocycles. The number of carbonyl (C=O) groups excluding carboxylic acids is 1. The van der Waals surface area contributed by atoms with Gasteiger partial charge in [-0.2, -0.15) is 0 Å². The lowest BCUT2D eigenvalue weighted by Crippen LogP contribution is -2.14. The van der Waals surface area contributed by atoms with Gasteiger partial charge in [0.2, 0.25) is 0 Å². The van der Waals surface area contributed by atoms with Crippen LogP contribution in [0, 0.1) is 5.92 Å². The smallest absolute Gasteiger partial charge is 0.158 e. The van der Waals surface area contributed by atoms with Crippen LogP contribution in [0.25, 0.3) is 0 Å². The van der Waals surface area contributed by atoms with E-state index < -0.39 is 0 Å². The molecule has 0 rings (SSSR count). The summed E-state index contributed by atoms with van der Waals surface area (Å²) in [5, 5.41) is 0. The van der Waals surface area contributed by atoms with Crippen molar-refractivity contribution >= 4 is 5.78 Å². The average Bonchev–Trinajstić information content (AvgIpc) is 2.04. The number of Topliss-reactive ketones (excluding diaryl/α,β-unsaturated/α-hetero) is 1. The molecule has 0 spiro atoms. The minimum atomic E-state index is 0.189. The van der Waals surface area contributed by atoms with Crippen molar-refractivity contribution in [1.82, 2.24) is 0 Å². The minimum Gasteiger partial charge on any atom is -0.372 e. The van der Waals surface area contributed by atoms with E-state index in [9.17, 15) is 4.79 Å². The number of hydrogen-bond donors (Lipinski definition) is 1. The van der Waals surface area contributed by atoms with E-state index in [1.165, 1.54) is 0 Å². The van der Waals surface area contributed by atoms with Crippen LogP contribution in [0.2, 0.25) is 0 Å². The summed E-state index contributed by atoms with van der Waals surface area (Å²) in [6, 6.07) is 0. The molecule has 0 saturated carbocycles. The topological polar surface area (TPSA) is 52.3 Å². The fourth-order valence-electron chi connectivity index (χ4n) is 1.05. The third-order valence-corrected chi connectivity index (χ3v) is 1.76. The Morgan fingerprint density at radius 2 is 2.15 bits per heavy atom. The third kappa shape index (κ3) is 9.50. The van der Waals surface area contributed by atoms with Crippen molar-refractivity contribution in [3.63, 3.8) is 0 Å². The molecule has 0 bridgehead atoms. The van der Waals surface area contributed by atoms with Crippen molar-refractivity contribution in [2.45, 2.75) is 33.1 Å². The third-order valence-electron chi connectivity index (χ3n) is 1.76. The molecule has 0 aromatic carbocycles. The highest BCUT2D eigenvalue weighted by Gasteiger charge is 2.02. The maximum atomic E-state index is 11.1. The molecular formula is C10H21NO2. The van der Waals surface area contributed by atoms with Crippen LogP contribution in [-0.4, -0.2) is 25.5 Å². The Bertz CT molecular complexity index is 135. The maximum absolute atomic E-state index is 11.1. The van der Waals surface area contributed by atoms with Gasteiger partial charge in [-0.1, -0.05) is 20.3 Å². The van der Waals surface area contributed by atoms with Gasteiger partial charge in [0.05, 0.1) is 6.61 Å². The first-order valence-corrected chi connectivity index (χ1v) is 4.96. The van der Waals surface area contributed by atoms with Gasteiger partial charge >= 0.3 is 0 Å². The van der Waals surface area contributed by atoms with Crippen molar-refractivity contribution in [1.29, 1.82) is 0 Å². The van der Waals surface area contributed by atoms with E-state index in [0.29, 0.717) is 25.5 Å². The van der Waals surface area contributed by atoms with Gasteiger partial charge in [0, 0.05) is 13.0 Å². The molecule has 3 nitrogen and oxygen atoms in total. The summed E-state index contributed by atoms with van der Waals surface area (Å²) in [4.78, 5) is 11.1. The van der Waals surface area contributed by atoms with Crippen molar-refractivity contribution in [2.75, 3.05) is 19.8 Å². The van der Waals surface area contributed by atoms with Gasteiger partial charge in [0.15, 0.2) is 5.78 Å². The second kappa shape index (κ2) is 8.20. The van der Waals surface area contributed by atoms with E-state index in [-0.39, 0.29) is 12.4 Å². The highest BCUT2D eigenvalue weighted by molar-refractivity contribution is 5.79. The van der Waals surface area contributed by atoms with Crippen LogP contribution >= 0.6 is 0 Å². The Kier molecular flexibility index (Phi) is 7.94. The van der Waals surface area contributed by atoms with E-state index in [1.54, 1.807) is 0 Å². The summed E-state index contributed by atoms with van der Waals surface area (Å²) in [5.41, 5.74) is 5.22. The van der Waals surface area contributed by atoms with E-state index >= 15 is 0 Å². The van der Waals surface area contributed by atoms with Crippen LogP contribution in [0.5, 0.6) is 0 Å². The van der Waals surface area contributed by atoms with Crippen molar-refractivity contribution in [3.05, 3.63) is 0 Å². The molecule has 0 radical (unpaired) electrons. The van der Waals surface area contributed by atoms with Gasteiger partial charge in [0.25, 0.3) is 0 Å². The van der Waals surface area contributed by atoms with Gasteiger partial charge in [-0.15, -0.1) is 0 Å². The second-order valence-corrected chi connectivity index (χ2v) is 3.67. The molecule has 0 aliphatic rings. The first kappa shape index (κ1) is 12.6. The summed E-state index contributed by atoms with van der Waals surface area (Å²) >= 11 is 0. The summed E-state index contributed by atoms with van der Waals surface area (Å²) in [7, 11) is 0. The lowest BCUT2D eigenvalue weighted by Gasteiger charge is -2.04. The average molecular weight is 187 g/mol. The molecule has 0 aliphatic heterocycles. The first-order chi connectivity index (χ1) is 6.16. The first-order valence-electron chi connectivity index (χ1n) is 4.96. The van der Waals surface area contributed by atoms with Crippen molar-refractivity contribution < 1.29 is 9.53 Å². The predicted octanol–water partition coefficient (Wildman–Crippen LogP) is 1.36. The van der Waals surface area contributed by atoms with E-state index in [2.05, 4.69) is 13.8 Å². The zero-order valence-electron chi connectivity index (χ0n) is 8.71. The fraction of sp³-hybridized carbons (Fsp3) is 0.900. The van der Waals surface area contributed by atoms with Crippen LogP contribution in [0.3, 0.4) is 0 Å². The van der Waals surface area contributed by atoms with Gasteiger partial charge in [-0.05, 0) is 12.3 Å². The number of carbonyl (C=O) groups is 1. The largest absolute Gasteiger partial charge is 0.372 e. The van der Waals surface area contributed by atoms with Crippen LogP contribution in [-0.2, 0) is 9.53 Å². The lowest BCUT2D eigenvalue weighted by atomic mass is 10.1. The molecule has 13 heavy (non-hydrogen) atoms. The molecule has 78 valence electrons. The standard InChI is InChI=1S/C10H21NO2/c1-9(2)4-3-5-10(12)8-13-7-6-11/h9H,3-8,11H2,1-2H3. The second-order valence-electron chi connectivity index (χ2n) is 3.67. The number of ketones is 1. The molecule has 0 atom stereocenters. The monoisotopic (exact) mass is 187 g/mol. The quantitative estimate of drug-likeness (QED) is 0.584. The number of ether oxygens (including phenoxy) is 1. The highest BCUT2D eigenvalue weighted by atomic mass is 16.5. The van der Waals surface area contributed by atoms with Gasteiger partial charge in [-0.3, -0.25) is 4.79 Å². The Labute approximate surface area is 80.6 Å².